The number of carbonyl (C=O) groups is 1. The van der Waals surface area contributed by atoms with E-state index < -0.39 is 0 Å². The van der Waals surface area contributed by atoms with Crippen LogP contribution in [0.4, 0.5) is 0 Å². The van der Waals surface area contributed by atoms with Gasteiger partial charge in [0.05, 0.1) is 0 Å². The van der Waals surface area contributed by atoms with Gasteiger partial charge in [-0.2, -0.15) is 0 Å². The van der Waals surface area contributed by atoms with Crippen LogP contribution in [-0.2, 0) is 6.42 Å². The first-order valence-electron chi connectivity index (χ1n) is 4.14. The zero-order valence-electron chi connectivity index (χ0n) is 7.00. The third-order valence-corrected chi connectivity index (χ3v) is 3.12. The lowest BCUT2D eigenvalue weighted by Crippen LogP contribution is -2.13. The minimum atomic E-state index is 0.289. The summed E-state index contributed by atoms with van der Waals surface area (Å²) >= 11 is 2.31. The van der Waals surface area contributed by atoms with E-state index in [1.165, 1.54) is 0 Å². The lowest BCUT2D eigenvalue weighted by atomic mass is 10.1. The molecule has 0 saturated carbocycles. The maximum absolute atomic E-state index is 10.5. The van der Waals surface area contributed by atoms with Gasteiger partial charge in [-0.1, -0.05) is 22.6 Å². The molecule has 0 bridgehead atoms. The zero-order valence-corrected chi connectivity index (χ0v) is 9.15. The summed E-state index contributed by atoms with van der Waals surface area (Å²) in [5, 5.41) is 0. The fourth-order valence-electron chi connectivity index (χ4n) is 1.50. The highest BCUT2D eigenvalue weighted by atomic mass is 127. The number of aldehydes is 1. The Kier molecular flexibility index (Phi) is 2.53. The molecule has 0 aliphatic carbocycles. The van der Waals surface area contributed by atoms with Crippen LogP contribution in [0.5, 0.6) is 5.75 Å². The molecule has 1 aromatic rings. The lowest BCUT2D eigenvalue weighted by Gasteiger charge is -2.04. The summed E-state index contributed by atoms with van der Waals surface area (Å²) in [6.45, 7) is 0. The summed E-state index contributed by atoms with van der Waals surface area (Å²) in [6.07, 6.45) is 2.09. The number of halogens is 1. The maximum Gasteiger partial charge on any atom is 0.150 e. The third-order valence-electron chi connectivity index (χ3n) is 2.13. The largest absolute Gasteiger partial charge is 0.489 e. The molecule has 2 rings (SSSR count). The van der Waals surface area contributed by atoms with Gasteiger partial charge < -0.3 is 4.74 Å². The van der Waals surface area contributed by atoms with Crippen LogP contribution in [0.2, 0.25) is 0 Å². The van der Waals surface area contributed by atoms with Gasteiger partial charge in [-0.3, -0.25) is 4.79 Å². The number of hydrogen-bond donors (Lipinski definition) is 0. The summed E-state index contributed by atoms with van der Waals surface area (Å²) in [7, 11) is 0. The van der Waals surface area contributed by atoms with E-state index in [9.17, 15) is 4.79 Å². The zero-order chi connectivity index (χ0) is 9.26. The highest BCUT2D eigenvalue weighted by Crippen LogP contribution is 2.29. The van der Waals surface area contributed by atoms with Crippen molar-refractivity contribution in [2.24, 2.45) is 0 Å². The van der Waals surface area contributed by atoms with Gasteiger partial charge >= 0.3 is 0 Å². The second-order valence-electron chi connectivity index (χ2n) is 3.08. The molecule has 3 heteroatoms. The number of ether oxygens (including phenoxy) is 1. The van der Waals surface area contributed by atoms with Gasteiger partial charge in [-0.25, -0.2) is 0 Å². The fourth-order valence-corrected chi connectivity index (χ4v) is 1.99. The normalized spacial score (nSPS) is 19.3. The molecule has 0 aromatic heterocycles. The topological polar surface area (TPSA) is 26.3 Å². The predicted octanol–water partition coefficient (Wildman–Crippen LogP) is 2.24. The minimum absolute atomic E-state index is 0.289. The third kappa shape index (κ3) is 1.70. The van der Waals surface area contributed by atoms with Gasteiger partial charge in [0.15, 0.2) is 0 Å². The van der Waals surface area contributed by atoms with Gasteiger partial charge in [0, 0.05) is 16.4 Å². The Morgan fingerprint density at radius 3 is 3.15 bits per heavy atom. The summed E-state index contributed by atoms with van der Waals surface area (Å²) in [6, 6.07) is 5.58. The average molecular weight is 288 g/mol. The molecule has 68 valence electrons. The van der Waals surface area contributed by atoms with Gasteiger partial charge in [0.25, 0.3) is 0 Å². The summed E-state index contributed by atoms with van der Waals surface area (Å²) < 4.78 is 6.62. The summed E-state index contributed by atoms with van der Waals surface area (Å²) in [5.74, 6) is 0.937. The van der Waals surface area contributed by atoms with Crippen LogP contribution in [0.3, 0.4) is 0 Å². The number of alkyl halides is 1. The molecule has 1 aliphatic heterocycles. The van der Waals surface area contributed by atoms with E-state index in [1.807, 2.05) is 12.1 Å². The Morgan fingerprint density at radius 2 is 2.46 bits per heavy atom. The Bertz CT molecular complexity index is 336. The van der Waals surface area contributed by atoms with Crippen LogP contribution in [0.25, 0.3) is 0 Å². The van der Waals surface area contributed by atoms with Gasteiger partial charge in [-0.15, -0.1) is 0 Å². The second-order valence-corrected chi connectivity index (χ2v) is 3.96. The summed E-state index contributed by atoms with van der Waals surface area (Å²) in [4.78, 5) is 10.5. The second kappa shape index (κ2) is 3.65. The van der Waals surface area contributed by atoms with Crippen LogP contribution in [-0.4, -0.2) is 16.8 Å². The first-order valence-corrected chi connectivity index (χ1v) is 5.67. The molecule has 13 heavy (non-hydrogen) atoms. The number of carbonyl (C=O) groups excluding carboxylic acids is 1. The molecule has 0 radical (unpaired) electrons. The maximum atomic E-state index is 10.5. The molecule has 1 aliphatic rings. The molecule has 0 spiro atoms. The van der Waals surface area contributed by atoms with Crippen molar-refractivity contribution >= 4 is 28.9 Å². The van der Waals surface area contributed by atoms with Crippen molar-refractivity contribution in [3.8, 4) is 5.75 Å². The van der Waals surface area contributed by atoms with Crippen molar-refractivity contribution in [2.75, 3.05) is 4.43 Å². The molecule has 1 aromatic carbocycles. The van der Waals surface area contributed by atoms with Crippen LogP contribution in [0, 0.1) is 0 Å². The van der Waals surface area contributed by atoms with Crippen molar-refractivity contribution < 1.29 is 9.53 Å². The molecule has 0 N–H and O–H groups in total. The number of rotatable bonds is 2. The molecule has 1 atom stereocenters. The smallest absolute Gasteiger partial charge is 0.150 e. The highest BCUT2D eigenvalue weighted by Gasteiger charge is 2.21. The Balaban J connectivity index is 2.30. The first-order chi connectivity index (χ1) is 6.33. The highest BCUT2D eigenvalue weighted by molar-refractivity contribution is 14.1. The monoisotopic (exact) mass is 288 g/mol. The van der Waals surface area contributed by atoms with E-state index in [-0.39, 0.29) is 6.10 Å². The predicted molar refractivity (Wildman–Crippen MR) is 58.8 cm³/mol. The van der Waals surface area contributed by atoms with Crippen molar-refractivity contribution in [2.45, 2.75) is 12.5 Å². The Hall–Kier alpha value is -0.580. The fraction of sp³-hybridized carbons (Fsp3) is 0.300. The lowest BCUT2D eigenvalue weighted by molar-refractivity contribution is 0.112. The summed E-state index contributed by atoms with van der Waals surface area (Å²) in [5.41, 5.74) is 1.89. The van der Waals surface area contributed by atoms with Gasteiger partial charge in [0.1, 0.15) is 18.1 Å². The van der Waals surface area contributed by atoms with E-state index in [1.54, 1.807) is 6.07 Å². The molecule has 0 fully saturated rings. The van der Waals surface area contributed by atoms with E-state index >= 15 is 0 Å². The molecule has 0 saturated heterocycles. The molecule has 2 nitrogen and oxygen atoms in total. The van der Waals surface area contributed by atoms with Crippen molar-refractivity contribution in [1.29, 1.82) is 0 Å². The first kappa shape index (κ1) is 8.99. The molecule has 1 heterocycles. The number of benzene rings is 1. The SMILES string of the molecule is O=Cc1ccc2c(c1)C[C@H](CI)O2. The van der Waals surface area contributed by atoms with Crippen LogP contribution >= 0.6 is 22.6 Å². The molecular formula is C10H9IO2. The molecule has 0 amide bonds. The number of hydrogen-bond acceptors (Lipinski definition) is 2. The standard InChI is InChI=1S/C10H9IO2/c11-5-9-4-8-3-7(6-12)1-2-10(8)13-9/h1-3,6,9H,4-5H2/t9-/m1/s1. The molecular weight excluding hydrogens is 279 g/mol. The van der Waals surface area contributed by atoms with E-state index in [0.29, 0.717) is 0 Å². The Morgan fingerprint density at radius 1 is 1.62 bits per heavy atom. The van der Waals surface area contributed by atoms with Gasteiger partial charge in [-0.05, 0) is 23.8 Å². The average Bonchev–Trinajstić information content (AvgIpc) is 2.58. The Labute approximate surface area is 90.4 Å². The van der Waals surface area contributed by atoms with Gasteiger partial charge in [0.2, 0.25) is 0 Å². The van der Waals surface area contributed by atoms with E-state index in [0.717, 1.165) is 34.0 Å². The van der Waals surface area contributed by atoms with Crippen LogP contribution < -0.4 is 4.74 Å². The van der Waals surface area contributed by atoms with E-state index in [2.05, 4.69) is 22.6 Å². The van der Waals surface area contributed by atoms with Crippen LogP contribution in [0.1, 0.15) is 15.9 Å². The number of fused-ring (bicyclic) bond motifs is 1. The van der Waals surface area contributed by atoms with Crippen molar-refractivity contribution in [3.63, 3.8) is 0 Å². The van der Waals surface area contributed by atoms with E-state index in [4.69, 9.17) is 4.74 Å². The van der Waals surface area contributed by atoms with Crippen molar-refractivity contribution in [1.82, 2.24) is 0 Å². The minimum Gasteiger partial charge on any atom is -0.489 e. The molecule has 0 unspecified atom stereocenters. The quantitative estimate of drug-likeness (QED) is 0.474. The van der Waals surface area contributed by atoms with Crippen LogP contribution in [0.15, 0.2) is 18.2 Å². The van der Waals surface area contributed by atoms with Crippen molar-refractivity contribution in [3.05, 3.63) is 29.3 Å².